The predicted molar refractivity (Wildman–Crippen MR) is 44.4 cm³/mol. The Hall–Kier alpha value is -0.910. The summed E-state index contributed by atoms with van der Waals surface area (Å²) in [5.74, 6) is -0.950. The summed E-state index contributed by atoms with van der Waals surface area (Å²) in [6.07, 6.45) is -0.113. The second-order valence-electron chi connectivity index (χ2n) is 2.49. The molecule has 0 heterocycles. The van der Waals surface area contributed by atoms with Gasteiger partial charge in [0.25, 0.3) is 5.69 Å². The van der Waals surface area contributed by atoms with Crippen LogP contribution >= 0.6 is 0 Å². The van der Waals surface area contributed by atoms with Crippen LogP contribution in [0.3, 0.4) is 0 Å². The van der Waals surface area contributed by atoms with Gasteiger partial charge in [0.2, 0.25) is 0 Å². The average Bonchev–Trinajstić information content (AvgIpc) is 2.04. The molecule has 0 aliphatic rings. The fraction of sp³-hybridized carbons (Fsp3) is 0.125. The first kappa shape index (κ1) is 13.1. The van der Waals surface area contributed by atoms with E-state index in [1.54, 1.807) is 0 Å². The molecule has 0 saturated carbocycles. The number of carboxylic acids is 1. The number of hydrogen-bond donors (Lipinski definition) is 1. The maximum atomic E-state index is 10.3. The number of aliphatic carboxylic acids is 1. The molecule has 0 aromatic heterocycles. The summed E-state index contributed by atoms with van der Waals surface area (Å²) in [5, 5.41) is 18.6. The maximum Gasteiger partial charge on any atom is 1.00 e. The van der Waals surface area contributed by atoms with Crippen molar-refractivity contribution < 1.29 is 44.4 Å². The van der Waals surface area contributed by atoms with Gasteiger partial charge in [-0.25, -0.2) is 0 Å². The van der Waals surface area contributed by atoms with Gasteiger partial charge in [-0.1, -0.05) is 12.1 Å². The standard InChI is InChI=1S/C8H7NO4.Na/c10-8(11)5-6-1-3-7(4-2-6)9(12)13;/h1-4H,5H2,(H,10,11);/q;+1. The smallest absolute Gasteiger partial charge is 0.481 e. The van der Waals surface area contributed by atoms with Crippen molar-refractivity contribution >= 4 is 11.7 Å². The van der Waals surface area contributed by atoms with E-state index in [-0.39, 0.29) is 41.7 Å². The van der Waals surface area contributed by atoms with Crippen molar-refractivity contribution in [3.8, 4) is 0 Å². The molecule has 14 heavy (non-hydrogen) atoms. The second-order valence-corrected chi connectivity index (χ2v) is 2.49. The Morgan fingerprint density at radius 2 is 1.86 bits per heavy atom. The number of rotatable bonds is 3. The van der Waals surface area contributed by atoms with Gasteiger partial charge in [0, 0.05) is 12.1 Å². The van der Waals surface area contributed by atoms with Crippen LogP contribution in [0.4, 0.5) is 5.69 Å². The summed E-state index contributed by atoms with van der Waals surface area (Å²) in [6.45, 7) is 0. The summed E-state index contributed by atoms with van der Waals surface area (Å²) >= 11 is 0. The van der Waals surface area contributed by atoms with Gasteiger partial charge in [0.1, 0.15) is 0 Å². The number of nitro benzene ring substituents is 1. The minimum atomic E-state index is -0.950. The van der Waals surface area contributed by atoms with E-state index in [0.717, 1.165) is 0 Å². The number of hydrogen-bond acceptors (Lipinski definition) is 3. The molecule has 0 radical (unpaired) electrons. The van der Waals surface area contributed by atoms with Crippen LogP contribution < -0.4 is 29.6 Å². The summed E-state index contributed by atoms with van der Waals surface area (Å²) in [6, 6.07) is 5.45. The molecule has 0 saturated heterocycles. The quantitative estimate of drug-likeness (QED) is 0.359. The van der Waals surface area contributed by atoms with E-state index >= 15 is 0 Å². The Morgan fingerprint density at radius 3 is 2.21 bits per heavy atom. The monoisotopic (exact) mass is 204 g/mol. The van der Waals surface area contributed by atoms with Crippen LogP contribution in [0, 0.1) is 10.1 Å². The Morgan fingerprint density at radius 1 is 1.36 bits per heavy atom. The normalized spacial score (nSPS) is 8.86. The Balaban J connectivity index is 0.00000169. The zero-order valence-electron chi connectivity index (χ0n) is 7.64. The summed E-state index contributed by atoms with van der Waals surface area (Å²) in [7, 11) is 0. The molecule has 0 atom stereocenters. The largest absolute Gasteiger partial charge is 1.00 e. The fourth-order valence-electron chi connectivity index (χ4n) is 0.910. The summed E-state index contributed by atoms with van der Waals surface area (Å²) in [5.41, 5.74) is 0.521. The Kier molecular flexibility index (Phi) is 5.37. The molecule has 0 aliphatic heterocycles. The molecule has 0 unspecified atom stereocenters. The third-order valence-corrected chi connectivity index (χ3v) is 1.50. The van der Waals surface area contributed by atoms with Crippen molar-refractivity contribution in [2.24, 2.45) is 0 Å². The zero-order chi connectivity index (χ0) is 9.84. The molecule has 1 rings (SSSR count). The molecule has 6 heteroatoms. The summed E-state index contributed by atoms with van der Waals surface area (Å²) < 4.78 is 0. The van der Waals surface area contributed by atoms with Crippen molar-refractivity contribution in [1.29, 1.82) is 0 Å². The van der Waals surface area contributed by atoms with Crippen LogP contribution in [0.2, 0.25) is 0 Å². The first-order valence-corrected chi connectivity index (χ1v) is 3.54. The fourth-order valence-corrected chi connectivity index (χ4v) is 0.910. The molecule has 0 bridgehead atoms. The van der Waals surface area contributed by atoms with E-state index in [2.05, 4.69) is 0 Å². The Labute approximate surface area is 102 Å². The first-order chi connectivity index (χ1) is 6.09. The molecule has 1 N–H and O–H groups in total. The van der Waals surface area contributed by atoms with Crippen LogP contribution in [-0.4, -0.2) is 16.0 Å². The summed E-state index contributed by atoms with van der Waals surface area (Å²) in [4.78, 5) is 20.0. The average molecular weight is 204 g/mol. The van der Waals surface area contributed by atoms with Crippen LogP contribution in [0.25, 0.3) is 0 Å². The molecule has 68 valence electrons. The van der Waals surface area contributed by atoms with Gasteiger partial charge >= 0.3 is 35.5 Å². The SMILES string of the molecule is O=C(O)Cc1ccc([N+](=O)[O-])cc1.[Na+]. The second kappa shape index (κ2) is 5.74. The Bertz CT molecular complexity index is 336. The van der Waals surface area contributed by atoms with Gasteiger partial charge in [-0.15, -0.1) is 0 Å². The minimum absolute atomic E-state index is 0. The van der Waals surface area contributed by atoms with Crippen molar-refractivity contribution in [2.75, 3.05) is 0 Å². The van der Waals surface area contributed by atoms with Crippen molar-refractivity contribution in [3.05, 3.63) is 39.9 Å². The molecule has 0 fully saturated rings. The molecule has 5 nitrogen and oxygen atoms in total. The number of carboxylic acid groups (broad SMARTS) is 1. The van der Waals surface area contributed by atoms with Crippen LogP contribution in [-0.2, 0) is 11.2 Å². The predicted octanol–water partition coefficient (Wildman–Crippen LogP) is -1.77. The number of nitrogens with zero attached hydrogens (tertiary/aromatic N) is 1. The third kappa shape index (κ3) is 3.87. The number of carbonyl (C=O) groups is 1. The van der Waals surface area contributed by atoms with Crippen LogP contribution in [0.1, 0.15) is 5.56 Å². The molecule has 1 aromatic carbocycles. The van der Waals surface area contributed by atoms with Gasteiger partial charge in [-0.05, 0) is 5.56 Å². The molecular weight excluding hydrogens is 197 g/mol. The molecule has 0 spiro atoms. The van der Waals surface area contributed by atoms with E-state index < -0.39 is 10.9 Å². The molecule has 0 aliphatic carbocycles. The van der Waals surface area contributed by atoms with E-state index in [1.165, 1.54) is 24.3 Å². The number of benzene rings is 1. The van der Waals surface area contributed by atoms with Gasteiger partial charge < -0.3 is 5.11 Å². The van der Waals surface area contributed by atoms with Gasteiger partial charge in [-0.3, -0.25) is 14.9 Å². The van der Waals surface area contributed by atoms with Gasteiger partial charge in [-0.2, -0.15) is 0 Å². The number of nitro groups is 1. The van der Waals surface area contributed by atoms with Crippen molar-refractivity contribution in [1.82, 2.24) is 0 Å². The molecule has 1 aromatic rings. The number of non-ortho nitro benzene ring substituents is 1. The van der Waals surface area contributed by atoms with Gasteiger partial charge in [0.15, 0.2) is 0 Å². The van der Waals surface area contributed by atoms with E-state index in [0.29, 0.717) is 5.56 Å². The topological polar surface area (TPSA) is 80.4 Å². The van der Waals surface area contributed by atoms with Crippen LogP contribution in [0.5, 0.6) is 0 Å². The molecular formula is C8H7NNaO4+. The van der Waals surface area contributed by atoms with Crippen molar-refractivity contribution in [3.63, 3.8) is 0 Å². The van der Waals surface area contributed by atoms with E-state index in [9.17, 15) is 14.9 Å². The van der Waals surface area contributed by atoms with Gasteiger partial charge in [0.05, 0.1) is 11.3 Å². The van der Waals surface area contributed by atoms with E-state index in [1.807, 2.05) is 0 Å². The zero-order valence-corrected chi connectivity index (χ0v) is 9.64. The maximum absolute atomic E-state index is 10.3. The first-order valence-electron chi connectivity index (χ1n) is 3.54. The van der Waals surface area contributed by atoms with Crippen LogP contribution in [0.15, 0.2) is 24.3 Å². The minimum Gasteiger partial charge on any atom is -0.481 e. The molecule has 0 amide bonds. The third-order valence-electron chi connectivity index (χ3n) is 1.50. The van der Waals surface area contributed by atoms with E-state index in [4.69, 9.17) is 5.11 Å². The van der Waals surface area contributed by atoms with Crippen molar-refractivity contribution in [2.45, 2.75) is 6.42 Å².